The van der Waals surface area contributed by atoms with Crippen LogP contribution in [0.1, 0.15) is 25.1 Å². The second kappa shape index (κ2) is 5.02. The number of pyridine rings is 1. The number of aryl methyl sites for hydroxylation is 1. The minimum Gasteiger partial charge on any atom is -0.392 e. The first-order valence-electron chi connectivity index (χ1n) is 6.07. The molecule has 0 aromatic carbocycles. The van der Waals surface area contributed by atoms with Gasteiger partial charge in [-0.25, -0.2) is 4.98 Å². The fourth-order valence-electron chi connectivity index (χ4n) is 2.34. The third kappa shape index (κ3) is 2.96. The molecule has 1 saturated heterocycles. The lowest BCUT2D eigenvalue weighted by Crippen LogP contribution is -2.45. The van der Waals surface area contributed by atoms with Crippen molar-refractivity contribution < 1.29 is 9.84 Å². The van der Waals surface area contributed by atoms with Crippen LogP contribution < -0.4 is 4.90 Å². The molecule has 1 aromatic rings. The molecule has 4 heteroatoms. The first kappa shape index (κ1) is 12.3. The largest absolute Gasteiger partial charge is 0.392 e. The highest BCUT2D eigenvalue weighted by Crippen LogP contribution is 2.20. The van der Waals surface area contributed by atoms with Crippen LogP contribution in [0.5, 0.6) is 0 Å². The van der Waals surface area contributed by atoms with E-state index in [1.165, 1.54) is 0 Å². The van der Waals surface area contributed by atoms with E-state index in [4.69, 9.17) is 4.74 Å². The van der Waals surface area contributed by atoms with Gasteiger partial charge in [-0.05, 0) is 38.5 Å². The molecule has 17 heavy (non-hydrogen) atoms. The summed E-state index contributed by atoms with van der Waals surface area (Å²) in [4.78, 5) is 6.76. The highest BCUT2D eigenvalue weighted by Gasteiger charge is 2.23. The van der Waals surface area contributed by atoms with Gasteiger partial charge in [0.05, 0.1) is 18.8 Å². The molecule has 94 valence electrons. The topological polar surface area (TPSA) is 45.6 Å². The molecule has 0 aliphatic carbocycles. The Morgan fingerprint density at radius 2 is 2.00 bits per heavy atom. The van der Waals surface area contributed by atoms with E-state index in [-0.39, 0.29) is 18.8 Å². The maximum atomic E-state index is 9.22. The molecule has 0 saturated carbocycles. The van der Waals surface area contributed by atoms with E-state index in [2.05, 4.69) is 23.7 Å². The van der Waals surface area contributed by atoms with Crippen molar-refractivity contribution in [3.8, 4) is 0 Å². The van der Waals surface area contributed by atoms with E-state index >= 15 is 0 Å². The van der Waals surface area contributed by atoms with Crippen LogP contribution in [0, 0.1) is 6.92 Å². The third-order valence-electron chi connectivity index (χ3n) is 2.93. The Hall–Kier alpha value is -1.13. The predicted octanol–water partition coefficient (Wildman–Crippen LogP) is 1.50. The summed E-state index contributed by atoms with van der Waals surface area (Å²) < 4.78 is 5.71. The number of aliphatic hydroxyl groups excluding tert-OH is 1. The molecule has 2 unspecified atom stereocenters. The lowest BCUT2D eigenvalue weighted by atomic mass is 10.2. The van der Waals surface area contributed by atoms with Crippen LogP contribution in [0.25, 0.3) is 0 Å². The second-order valence-corrected chi connectivity index (χ2v) is 4.80. The van der Waals surface area contributed by atoms with Crippen LogP contribution in [0.2, 0.25) is 0 Å². The van der Waals surface area contributed by atoms with Crippen molar-refractivity contribution in [3.05, 3.63) is 23.4 Å². The van der Waals surface area contributed by atoms with Crippen molar-refractivity contribution in [2.75, 3.05) is 18.0 Å². The van der Waals surface area contributed by atoms with E-state index in [9.17, 15) is 5.11 Å². The molecule has 0 spiro atoms. The highest BCUT2D eigenvalue weighted by atomic mass is 16.5. The van der Waals surface area contributed by atoms with Crippen molar-refractivity contribution in [2.45, 2.75) is 39.6 Å². The highest BCUT2D eigenvalue weighted by molar-refractivity contribution is 5.43. The fraction of sp³-hybridized carbons (Fsp3) is 0.615. The van der Waals surface area contributed by atoms with Crippen LogP contribution in [0.3, 0.4) is 0 Å². The van der Waals surface area contributed by atoms with Gasteiger partial charge in [-0.15, -0.1) is 0 Å². The lowest BCUT2D eigenvalue weighted by Gasteiger charge is -2.36. The number of rotatable bonds is 2. The number of aliphatic hydroxyl groups is 1. The Morgan fingerprint density at radius 3 is 2.59 bits per heavy atom. The molecular formula is C13H20N2O2. The van der Waals surface area contributed by atoms with Gasteiger partial charge in [-0.2, -0.15) is 0 Å². The molecule has 0 amide bonds. The minimum atomic E-state index is 0.0613. The van der Waals surface area contributed by atoms with Crippen LogP contribution in [0.4, 0.5) is 5.82 Å². The summed E-state index contributed by atoms with van der Waals surface area (Å²) in [5.41, 5.74) is 1.86. The summed E-state index contributed by atoms with van der Waals surface area (Å²) in [6.07, 6.45) is 0.442. The number of hydrogen-bond donors (Lipinski definition) is 1. The van der Waals surface area contributed by atoms with Crippen LogP contribution in [-0.4, -0.2) is 35.4 Å². The van der Waals surface area contributed by atoms with Gasteiger partial charge in [0.15, 0.2) is 0 Å². The summed E-state index contributed by atoms with van der Waals surface area (Å²) >= 11 is 0. The standard InChI is InChI=1S/C13H20N2O2/c1-9-4-12(8-16)5-13(14-9)15-6-10(2)17-11(3)7-15/h4-5,10-11,16H,6-8H2,1-3H3. The van der Waals surface area contributed by atoms with E-state index in [0.717, 1.165) is 30.2 Å². The predicted molar refractivity (Wildman–Crippen MR) is 67.1 cm³/mol. The molecule has 0 radical (unpaired) electrons. The van der Waals surface area contributed by atoms with Gasteiger partial charge >= 0.3 is 0 Å². The molecule has 1 N–H and O–H groups in total. The normalized spacial score (nSPS) is 25.1. The molecule has 1 aromatic heterocycles. The fourth-order valence-corrected chi connectivity index (χ4v) is 2.34. The number of anilines is 1. The van der Waals surface area contributed by atoms with E-state index in [1.54, 1.807) is 0 Å². The Morgan fingerprint density at radius 1 is 1.35 bits per heavy atom. The first-order valence-corrected chi connectivity index (χ1v) is 6.07. The van der Waals surface area contributed by atoms with Crippen molar-refractivity contribution >= 4 is 5.82 Å². The van der Waals surface area contributed by atoms with Crippen LogP contribution in [0.15, 0.2) is 12.1 Å². The minimum absolute atomic E-state index is 0.0613. The third-order valence-corrected chi connectivity index (χ3v) is 2.93. The molecule has 2 heterocycles. The average molecular weight is 236 g/mol. The zero-order chi connectivity index (χ0) is 12.4. The van der Waals surface area contributed by atoms with Crippen LogP contribution >= 0.6 is 0 Å². The molecule has 1 aliphatic rings. The summed E-state index contributed by atoms with van der Waals surface area (Å²) in [6.45, 7) is 7.87. The Bertz CT molecular complexity index is 385. The summed E-state index contributed by atoms with van der Waals surface area (Å²) in [5.74, 6) is 0.941. The average Bonchev–Trinajstić information content (AvgIpc) is 2.26. The molecule has 1 aliphatic heterocycles. The summed E-state index contributed by atoms with van der Waals surface area (Å²) in [5, 5.41) is 9.22. The monoisotopic (exact) mass is 236 g/mol. The Balaban J connectivity index is 2.23. The molecular weight excluding hydrogens is 216 g/mol. The van der Waals surface area contributed by atoms with Gasteiger partial charge in [0.2, 0.25) is 0 Å². The summed E-state index contributed by atoms with van der Waals surface area (Å²) in [6, 6.07) is 3.87. The van der Waals surface area contributed by atoms with Crippen molar-refractivity contribution in [2.24, 2.45) is 0 Å². The molecule has 0 bridgehead atoms. The lowest BCUT2D eigenvalue weighted by molar-refractivity contribution is -0.00547. The molecule has 1 fully saturated rings. The van der Waals surface area contributed by atoms with Gasteiger partial charge in [0.25, 0.3) is 0 Å². The van der Waals surface area contributed by atoms with Crippen molar-refractivity contribution in [3.63, 3.8) is 0 Å². The maximum Gasteiger partial charge on any atom is 0.129 e. The molecule has 4 nitrogen and oxygen atoms in total. The second-order valence-electron chi connectivity index (χ2n) is 4.80. The molecule has 2 atom stereocenters. The van der Waals surface area contributed by atoms with Gasteiger partial charge in [-0.1, -0.05) is 0 Å². The summed E-state index contributed by atoms with van der Waals surface area (Å²) in [7, 11) is 0. The number of ether oxygens (including phenoxy) is 1. The van der Waals surface area contributed by atoms with E-state index in [1.807, 2.05) is 19.1 Å². The van der Waals surface area contributed by atoms with Gasteiger partial charge in [0.1, 0.15) is 5.82 Å². The van der Waals surface area contributed by atoms with Crippen LogP contribution in [-0.2, 0) is 11.3 Å². The Kier molecular flexibility index (Phi) is 3.64. The van der Waals surface area contributed by atoms with E-state index in [0.29, 0.717) is 0 Å². The van der Waals surface area contributed by atoms with Crippen molar-refractivity contribution in [1.29, 1.82) is 0 Å². The van der Waals surface area contributed by atoms with Gasteiger partial charge < -0.3 is 14.7 Å². The molecule has 2 rings (SSSR count). The van der Waals surface area contributed by atoms with Gasteiger partial charge in [0, 0.05) is 18.8 Å². The van der Waals surface area contributed by atoms with Crippen molar-refractivity contribution in [1.82, 2.24) is 4.98 Å². The number of morpholine rings is 1. The Labute approximate surface area is 102 Å². The van der Waals surface area contributed by atoms with Gasteiger partial charge in [-0.3, -0.25) is 0 Å². The SMILES string of the molecule is Cc1cc(CO)cc(N2CC(C)OC(C)C2)n1. The smallest absolute Gasteiger partial charge is 0.129 e. The number of aromatic nitrogens is 1. The van der Waals surface area contributed by atoms with E-state index < -0.39 is 0 Å². The first-order chi connectivity index (χ1) is 8.08. The zero-order valence-corrected chi connectivity index (χ0v) is 10.7. The number of nitrogens with zero attached hydrogens (tertiary/aromatic N) is 2. The zero-order valence-electron chi connectivity index (χ0n) is 10.7. The quantitative estimate of drug-likeness (QED) is 0.845. The number of hydrogen-bond acceptors (Lipinski definition) is 4. The maximum absolute atomic E-state index is 9.22.